The number of para-hydroxylation sites is 3. The van der Waals surface area contributed by atoms with Gasteiger partial charge in [0.25, 0.3) is 0 Å². The third-order valence-corrected chi connectivity index (χ3v) is 9.00. The van der Waals surface area contributed by atoms with Crippen LogP contribution in [0.2, 0.25) is 0 Å². The molecule has 38 heavy (non-hydrogen) atoms. The van der Waals surface area contributed by atoms with Crippen LogP contribution in [0.3, 0.4) is 0 Å². The van der Waals surface area contributed by atoms with Crippen LogP contribution in [0.15, 0.2) is 120 Å². The summed E-state index contributed by atoms with van der Waals surface area (Å²) in [4.78, 5) is 0. The molecule has 178 valence electrons. The smallest absolute Gasteiger partial charge is 0.137 e. The Labute approximate surface area is 231 Å². The van der Waals surface area contributed by atoms with Crippen molar-refractivity contribution in [3.05, 3.63) is 115 Å². The van der Waals surface area contributed by atoms with Crippen LogP contribution in [0.25, 0.3) is 82.0 Å². The van der Waals surface area contributed by atoms with E-state index in [1.807, 2.05) is 12.1 Å². The summed E-state index contributed by atoms with van der Waals surface area (Å²) in [6, 6.07) is 41.3. The lowest BCUT2D eigenvalue weighted by Crippen LogP contribution is -1.94. The summed E-state index contributed by atoms with van der Waals surface area (Å²) in [5.74, 6) is 0. The molecule has 3 heterocycles. The Morgan fingerprint density at radius 2 is 1.03 bits per heavy atom. The van der Waals surface area contributed by atoms with Gasteiger partial charge >= 0.3 is 0 Å². The normalized spacial score (nSPS) is 12.3. The average molecular weight is 598 g/mol. The molecule has 0 radical (unpaired) electrons. The van der Waals surface area contributed by atoms with Crippen molar-refractivity contribution in [2.45, 2.75) is 0 Å². The monoisotopic (exact) mass is 598 g/mol. The number of halogens is 1. The van der Waals surface area contributed by atoms with E-state index in [2.05, 4.69) is 133 Å². The van der Waals surface area contributed by atoms with Gasteiger partial charge in [0.2, 0.25) is 0 Å². The van der Waals surface area contributed by atoms with Crippen LogP contribution < -0.4 is 0 Å². The fraction of sp³-hybridized carbons (Fsp3) is 0. The molecule has 0 saturated heterocycles. The average Bonchev–Trinajstić information content (AvgIpc) is 3.61. The molecule has 9 aromatic rings. The molecule has 0 fully saturated rings. The van der Waals surface area contributed by atoms with Gasteiger partial charge in [-0.25, -0.2) is 0 Å². The maximum atomic E-state index is 6.32. The minimum Gasteiger partial charge on any atom is -0.456 e. The molecule has 6 aromatic carbocycles. The highest BCUT2D eigenvalue weighted by atomic mass is 127. The highest BCUT2D eigenvalue weighted by Crippen LogP contribution is 2.46. The van der Waals surface area contributed by atoms with E-state index in [1.54, 1.807) is 0 Å². The second kappa shape index (κ2) is 7.39. The van der Waals surface area contributed by atoms with E-state index in [0.717, 1.165) is 27.6 Å². The molecule has 3 aromatic heterocycles. The summed E-state index contributed by atoms with van der Waals surface area (Å²) in [5.41, 5.74) is 7.86. The second-order valence-corrected chi connectivity index (χ2v) is 10.9. The molecule has 0 aliphatic heterocycles. The van der Waals surface area contributed by atoms with Crippen molar-refractivity contribution in [2.75, 3.05) is 0 Å². The minimum atomic E-state index is 0.906. The van der Waals surface area contributed by atoms with Gasteiger partial charge in [0.15, 0.2) is 0 Å². The van der Waals surface area contributed by atoms with Gasteiger partial charge in [0.1, 0.15) is 11.2 Å². The lowest BCUT2D eigenvalue weighted by atomic mass is 9.99. The minimum absolute atomic E-state index is 0.906. The van der Waals surface area contributed by atoms with Gasteiger partial charge in [-0.2, -0.15) is 0 Å². The molecule has 0 bridgehead atoms. The first kappa shape index (κ1) is 20.7. The first-order valence-corrected chi connectivity index (χ1v) is 13.7. The van der Waals surface area contributed by atoms with Crippen LogP contribution in [0, 0.1) is 0 Å². The van der Waals surface area contributed by atoms with Crippen molar-refractivity contribution in [1.29, 1.82) is 0 Å². The van der Waals surface area contributed by atoms with Gasteiger partial charge in [0.05, 0.1) is 44.9 Å². The maximum absolute atomic E-state index is 6.32. The largest absolute Gasteiger partial charge is 0.456 e. The summed E-state index contributed by atoms with van der Waals surface area (Å²) in [7, 11) is 0. The van der Waals surface area contributed by atoms with Gasteiger partial charge in [-0.3, -0.25) is 2.78 Å². The fourth-order valence-corrected chi connectivity index (χ4v) is 7.38. The van der Waals surface area contributed by atoms with E-state index >= 15 is 0 Å². The van der Waals surface area contributed by atoms with Gasteiger partial charge in [-0.05, 0) is 30.3 Å². The molecular weight excluding hydrogens is 579 g/mol. The summed E-state index contributed by atoms with van der Waals surface area (Å²) >= 11 is 2.47. The van der Waals surface area contributed by atoms with Crippen molar-refractivity contribution in [2.24, 2.45) is 0 Å². The number of nitrogens with zero attached hydrogens (tertiary/aromatic N) is 2. The van der Waals surface area contributed by atoms with Crippen LogP contribution in [-0.4, -0.2) is 7.35 Å². The summed E-state index contributed by atoms with van der Waals surface area (Å²) in [5, 5.41) is 9.95. The molecule has 0 spiro atoms. The highest BCUT2D eigenvalue weighted by Gasteiger charge is 2.23. The first-order valence-electron chi connectivity index (χ1n) is 12.7. The second-order valence-electron chi connectivity index (χ2n) is 9.92. The highest BCUT2D eigenvalue weighted by molar-refractivity contribution is 14.1. The van der Waals surface area contributed by atoms with Crippen LogP contribution >= 0.6 is 22.9 Å². The molecule has 0 unspecified atom stereocenters. The molecular formula is C34H19IN2O. The SMILES string of the molecule is In1c2ccccc2c2c3c4ccccc4n(-c4ccc5c(c4)oc4ccccc45)c3c3ccccc3c21. The van der Waals surface area contributed by atoms with E-state index in [1.165, 1.54) is 54.4 Å². The summed E-state index contributed by atoms with van der Waals surface area (Å²) in [6.45, 7) is 0. The number of hydrogen-bond donors (Lipinski definition) is 0. The molecule has 4 heteroatoms. The molecule has 3 nitrogen and oxygen atoms in total. The predicted octanol–water partition coefficient (Wildman–Crippen LogP) is 10.1. The number of hydrogen-bond acceptors (Lipinski definition) is 1. The Morgan fingerprint density at radius 1 is 0.474 bits per heavy atom. The van der Waals surface area contributed by atoms with Crippen LogP contribution in [-0.2, 0) is 0 Å². The number of aromatic nitrogens is 2. The number of fused-ring (bicyclic) bond motifs is 13. The zero-order valence-corrected chi connectivity index (χ0v) is 22.3. The molecule has 0 saturated carbocycles. The Morgan fingerprint density at radius 3 is 1.82 bits per heavy atom. The van der Waals surface area contributed by atoms with Gasteiger partial charge in [-0.1, -0.05) is 78.9 Å². The molecule has 9 rings (SSSR count). The van der Waals surface area contributed by atoms with Gasteiger partial charge in [-0.15, -0.1) is 0 Å². The lowest BCUT2D eigenvalue weighted by Gasteiger charge is -2.11. The molecule has 0 aliphatic carbocycles. The number of benzene rings is 6. The van der Waals surface area contributed by atoms with Crippen molar-refractivity contribution >= 4 is 99.2 Å². The Kier molecular flexibility index (Phi) is 4.03. The zero-order valence-electron chi connectivity index (χ0n) is 20.2. The quantitative estimate of drug-likeness (QED) is 0.173. The van der Waals surface area contributed by atoms with E-state index in [-0.39, 0.29) is 0 Å². The maximum Gasteiger partial charge on any atom is 0.137 e. The van der Waals surface area contributed by atoms with Crippen molar-refractivity contribution in [3.8, 4) is 5.69 Å². The Balaban J connectivity index is 1.55. The number of furan rings is 1. The van der Waals surface area contributed by atoms with E-state index in [0.29, 0.717) is 0 Å². The van der Waals surface area contributed by atoms with Crippen molar-refractivity contribution in [1.82, 2.24) is 7.35 Å². The third kappa shape index (κ3) is 2.53. The third-order valence-electron chi connectivity index (χ3n) is 8.00. The van der Waals surface area contributed by atoms with Crippen LogP contribution in [0.5, 0.6) is 0 Å². The first-order chi connectivity index (χ1) is 18.8. The van der Waals surface area contributed by atoms with Crippen LogP contribution in [0.4, 0.5) is 0 Å². The number of rotatable bonds is 1. The Bertz CT molecular complexity index is 2420. The summed E-state index contributed by atoms with van der Waals surface area (Å²) < 4.78 is 11.1. The van der Waals surface area contributed by atoms with E-state index in [9.17, 15) is 0 Å². The molecule has 0 aliphatic rings. The summed E-state index contributed by atoms with van der Waals surface area (Å²) in [6.07, 6.45) is 0. The topological polar surface area (TPSA) is 23.0 Å². The predicted molar refractivity (Wildman–Crippen MR) is 168 cm³/mol. The molecule has 0 atom stereocenters. The van der Waals surface area contributed by atoms with Crippen molar-refractivity contribution in [3.63, 3.8) is 0 Å². The van der Waals surface area contributed by atoms with E-state index < -0.39 is 0 Å². The van der Waals surface area contributed by atoms with Crippen molar-refractivity contribution < 1.29 is 4.42 Å². The lowest BCUT2D eigenvalue weighted by molar-refractivity contribution is 0.668. The standard InChI is InChI=1S/C34H19IN2O/c35-37-28-15-7-4-13-26(28)32-31-25-12-3-6-14-27(25)36(33(31)23-10-1-2-11-24(23)34(32)37)20-17-18-22-21-9-5-8-16-29(21)38-30(22)19-20/h1-19H. The van der Waals surface area contributed by atoms with E-state index in [4.69, 9.17) is 4.42 Å². The fourth-order valence-electron chi connectivity index (χ4n) is 6.46. The molecule has 0 N–H and O–H groups in total. The molecule has 0 amide bonds. The Hall–Kier alpha value is -4.29. The van der Waals surface area contributed by atoms with Gasteiger partial charge < -0.3 is 8.98 Å². The van der Waals surface area contributed by atoms with Gasteiger partial charge in [0, 0.05) is 54.8 Å². The van der Waals surface area contributed by atoms with Crippen LogP contribution in [0.1, 0.15) is 0 Å². The zero-order chi connectivity index (χ0) is 25.0.